The van der Waals surface area contributed by atoms with Crippen LogP contribution in [-0.2, 0) is 5.41 Å². The van der Waals surface area contributed by atoms with Crippen molar-refractivity contribution < 1.29 is 19.7 Å². The number of hydrogen-bond donors (Lipinski definition) is 2. The van der Waals surface area contributed by atoms with Crippen LogP contribution in [0.3, 0.4) is 0 Å². The van der Waals surface area contributed by atoms with Gasteiger partial charge in [0.25, 0.3) is 0 Å². The molecule has 2 aliphatic heterocycles. The first-order valence-electron chi connectivity index (χ1n) is 22.3. The van der Waals surface area contributed by atoms with E-state index in [1.165, 1.54) is 11.1 Å². The first-order chi connectivity index (χ1) is 26.5. The average Bonchev–Trinajstić information content (AvgIpc) is 3.14. The van der Waals surface area contributed by atoms with Crippen molar-refractivity contribution in [1.29, 1.82) is 0 Å². The molecular weight excluding hydrogens is 709 g/mol. The van der Waals surface area contributed by atoms with E-state index in [9.17, 15) is 10.2 Å². The molecule has 0 amide bonds. The van der Waals surface area contributed by atoms with Gasteiger partial charge in [0, 0.05) is 52.7 Å². The molecule has 2 unspecified atom stereocenters. The van der Waals surface area contributed by atoms with Crippen molar-refractivity contribution in [3.05, 3.63) is 59.7 Å². The summed E-state index contributed by atoms with van der Waals surface area (Å²) in [7, 11) is 4.50. The zero-order valence-corrected chi connectivity index (χ0v) is 38.8. The lowest BCUT2D eigenvalue weighted by atomic mass is 9.77. The average molecular weight is 793 g/mol. The van der Waals surface area contributed by atoms with Crippen LogP contribution in [0.4, 0.5) is 0 Å². The van der Waals surface area contributed by atoms with Crippen LogP contribution in [0.25, 0.3) is 0 Å². The molecule has 2 atom stereocenters. The Morgan fingerprint density at radius 3 is 1.18 bits per heavy atom. The minimum Gasteiger partial charge on any atom is -0.491 e. The molecule has 2 saturated heterocycles. The van der Waals surface area contributed by atoms with Gasteiger partial charge in [-0.2, -0.15) is 0 Å². The minimum atomic E-state index is -0.565. The van der Waals surface area contributed by atoms with Gasteiger partial charge in [0.2, 0.25) is 0 Å². The number of hydrogen-bond acceptors (Lipinski definition) is 8. The summed E-state index contributed by atoms with van der Waals surface area (Å²) in [5, 5.41) is 22.4. The first kappa shape index (κ1) is 47.5. The van der Waals surface area contributed by atoms with E-state index >= 15 is 0 Å². The maximum Gasteiger partial charge on any atom is 0.119 e. The fourth-order valence-electron chi connectivity index (χ4n) is 9.86. The monoisotopic (exact) mass is 793 g/mol. The van der Waals surface area contributed by atoms with Gasteiger partial charge in [0.15, 0.2) is 0 Å². The number of nitrogens with zero attached hydrogens (tertiary/aromatic N) is 4. The Morgan fingerprint density at radius 1 is 0.596 bits per heavy atom. The van der Waals surface area contributed by atoms with Crippen molar-refractivity contribution in [2.75, 3.05) is 53.5 Å². The van der Waals surface area contributed by atoms with Crippen molar-refractivity contribution in [1.82, 2.24) is 19.6 Å². The van der Waals surface area contributed by atoms with Gasteiger partial charge in [-0.05, 0) is 156 Å². The third-order valence-electron chi connectivity index (χ3n) is 14.1. The summed E-state index contributed by atoms with van der Waals surface area (Å²) in [4.78, 5) is 10.1. The van der Waals surface area contributed by atoms with E-state index in [0.717, 1.165) is 76.0 Å². The number of likely N-dealkylation sites (tertiary alicyclic amines) is 2. The standard InChI is InChI=1S/C49H84N4O4/c1-15-17-27-52(39-29-45(3,4)50(13)46(5,6)30-39)33-41(54)35-56-43-23-19-37(20-24-43)49(11,12)38-21-25-44(26-22-38)57-36-42(55)34-53(28-18-16-2)40-31-47(7,8)51(14)48(9,10)32-40/h19-26,39-42,54-55H,15-18,27-36H2,1-14H3. The smallest absolute Gasteiger partial charge is 0.119 e. The molecule has 0 aromatic heterocycles. The summed E-state index contributed by atoms with van der Waals surface area (Å²) < 4.78 is 12.3. The summed E-state index contributed by atoms with van der Waals surface area (Å²) in [6.45, 7) is 31.5. The Hall–Kier alpha value is -2.20. The quantitative estimate of drug-likeness (QED) is 0.138. The maximum absolute atomic E-state index is 11.2. The number of rotatable bonds is 20. The van der Waals surface area contributed by atoms with E-state index in [0.29, 0.717) is 25.2 Å². The van der Waals surface area contributed by atoms with Crippen LogP contribution in [0.1, 0.15) is 146 Å². The number of aliphatic hydroxyl groups excluding tert-OH is 2. The molecular formula is C49H84N4O4. The molecule has 8 heteroatoms. The van der Waals surface area contributed by atoms with Crippen molar-refractivity contribution in [3.8, 4) is 11.5 Å². The SMILES string of the molecule is CCCCN(CC(O)COc1ccc(C(C)(C)c2ccc(OCC(O)CN(CCCC)C3CC(C)(C)N(C)C(C)(C)C3)cc2)cc1)C1CC(C)(C)N(C)C(C)(C)C1. The molecule has 2 aromatic carbocycles. The van der Waals surface area contributed by atoms with Crippen LogP contribution >= 0.6 is 0 Å². The van der Waals surface area contributed by atoms with E-state index in [2.05, 4.69) is 141 Å². The van der Waals surface area contributed by atoms with Crippen molar-refractivity contribution in [3.63, 3.8) is 0 Å². The molecule has 2 aromatic rings. The van der Waals surface area contributed by atoms with Gasteiger partial charge in [0.05, 0.1) is 0 Å². The highest BCUT2D eigenvalue weighted by Gasteiger charge is 2.46. The van der Waals surface area contributed by atoms with Gasteiger partial charge >= 0.3 is 0 Å². The molecule has 0 saturated carbocycles. The summed E-state index contributed by atoms with van der Waals surface area (Å²) in [5.41, 5.74) is 2.55. The minimum absolute atomic E-state index is 0.103. The highest BCUT2D eigenvalue weighted by molar-refractivity contribution is 5.42. The second kappa shape index (κ2) is 19.5. The first-order valence-corrected chi connectivity index (χ1v) is 22.3. The third kappa shape index (κ3) is 12.4. The highest BCUT2D eigenvalue weighted by atomic mass is 16.5. The number of ether oxygens (including phenoxy) is 2. The molecule has 2 heterocycles. The lowest BCUT2D eigenvalue weighted by Gasteiger charge is -2.56. The van der Waals surface area contributed by atoms with Crippen molar-refractivity contribution in [2.24, 2.45) is 0 Å². The molecule has 4 rings (SSSR count). The molecule has 0 bridgehead atoms. The number of piperidine rings is 2. The van der Waals surface area contributed by atoms with Gasteiger partial charge in [0.1, 0.15) is 36.9 Å². The number of unbranched alkanes of at least 4 members (excludes halogenated alkanes) is 2. The zero-order valence-electron chi connectivity index (χ0n) is 38.8. The second-order valence-electron chi connectivity index (χ2n) is 20.8. The lowest BCUT2D eigenvalue weighted by molar-refractivity contribution is -0.0574. The van der Waals surface area contributed by atoms with Crippen molar-refractivity contribution in [2.45, 2.75) is 186 Å². The topological polar surface area (TPSA) is 71.9 Å². The van der Waals surface area contributed by atoms with Gasteiger partial charge < -0.3 is 19.7 Å². The van der Waals surface area contributed by atoms with E-state index in [1.807, 2.05) is 24.3 Å². The molecule has 324 valence electrons. The van der Waals surface area contributed by atoms with E-state index in [4.69, 9.17) is 9.47 Å². The Balaban J connectivity index is 1.30. The predicted molar refractivity (Wildman–Crippen MR) is 239 cm³/mol. The van der Waals surface area contributed by atoms with Crippen LogP contribution < -0.4 is 9.47 Å². The van der Waals surface area contributed by atoms with Crippen LogP contribution in [-0.4, -0.2) is 130 Å². The number of aliphatic hydroxyl groups is 2. The van der Waals surface area contributed by atoms with Crippen LogP contribution in [0.15, 0.2) is 48.5 Å². The Labute approximate surface area is 349 Å². The van der Waals surface area contributed by atoms with Gasteiger partial charge in [-0.1, -0.05) is 64.8 Å². The van der Waals surface area contributed by atoms with Crippen LogP contribution in [0, 0.1) is 0 Å². The molecule has 0 radical (unpaired) electrons. The Kier molecular flexibility index (Phi) is 16.2. The van der Waals surface area contributed by atoms with Gasteiger partial charge in [-0.15, -0.1) is 0 Å². The fraction of sp³-hybridized carbons (Fsp3) is 0.755. The molecule has 2 N–H and O–H groups in total. The predicted octanol–water partition coefficient (Wildman–Crippen LogP) is 9.00. The van der Waals surface area contributed by atoms with Crippen molar-refractivity contribution >= 4 is 0 Å². The summed E-state index contributed by atoms with van der Waals surface area (Å²) in [6, 6.07) is 17.5. The molecule has 2 aliphatic rings. The molecule has 8 nitrogen and oxygen atoms in total. The Morgan fingerprint density at radius 2 is 0.895 bits per heavy atom. The fourth-order valence-corrected chi connectivity index (χ4v) is 9.86. The van der Waals surface area contributed by atoms with E-state index < -0.39 is 12.2 Å². The van der Waals surface area contributed by atoms with E-state index in [1.54, 1.807) is 0 Å². The molecule has 0 aliphatic carbocycles. The molecule has 0 spiro atoms. The summed E-state index contributed by atoms with van der Waals surface area (Å²) >= 11 is 0. The van der Waals surface area contributed by atoms with Crippen LogP contribution in [0.2, 0.25) is 0 Å². The maximum atomic E-state index is 11.2. The third-order valence-corrected chi connectivity index (χ3v) is 14.1. The molecule has 2 fully saturated rings. The summed E-state index contributed by atoms with van der Waals surface area (Å²) in [5.74, 6) is 1.54. The van der Waals surface area contributed by atoms with Gasteiger partial charge in [-0.25, -0.2) is 0 Å². The second-order valence-corrected chi connectivity index (χ2v) is 20.8. The zero-order chi connectivity index (χ0) is 42.4. The largest absolute Gasteiger partial charge is 0.491 e. The summed E-state index contributed by atoms with van der Waals surface area (Å²) in [6.07, 6.45) is 7.78. The lowest BCUT2D eigenvalue weighted by Crippen LogP contribution is -2.63. The normalized spacial score (nSPS) is 21.5. The van der Waals surface area contributed by atoms with Crippen LogP contribution in [0.5, 0.6) is 11.5 Å². The molecule has 57 heavy (non-hydrogen) atoms. The number of benzene rings is 2. The Bertz CT molecular complexity index is 1360. The highest BCUT2D eigenvalue weighted by Crippen LogP contribution is 2.41. The van der Waals surface area contributed by atoms with E-state index in [-0.39, 0.29) is 40.8 Å². The van der Waals surface area contributed by atoms with Gasteiger partial charge in [-0.3, -0.25) is 19.6 Å².